The maximum absolute atomic E-state index is 11.0. The van der Waals surface area contributed by atoms with Crippen molar-refractivity contribution in [2.24, 2.45) is 5.10 Å². The fourth-order valence-corrected chi connectivity index (χ4v) is 1.89. The molecule has 0 heterocycles. The summed E-state index contributed by atoms with van der Waals surface area (Å²) in [6.45, 7) is 0.651. The van der Waals surface area contributed by atoms with E-state index in [0.717, 1.165) is 17.7 Å². The smallest absolute Gasteiger partial charge is 0.301 e. The van der Waals surface area contributed by atoms with E-state index in [1.54, 1.807) is 0 Å². The van der Waals surface area contributed by atoms with E-state index in [-0.39, 0.29) is 18.0 Å². The number of nitrogens with zero attached hydrogens (tertiary/aromatic N) is 3. The monoisotopic (exact) mass is 354 g/mol. The second-order valence-electron chi connectivity index (χ2n) is 4.89. The minimum Gasteiger partial charge on any atom is -0.364 e. The van der Waals surface area contributed by atoms with E-state index in [0.29, 0.717) is 6.61 Å². The lowest BCUT2D eigenvalue weighted by Crippen LogP contribution is -1.98. The minimum atomic E-state index is -0.728. The molecule has 0 saturated heterocycles. The maximum atomic E-state index is 11.0. The first-order valence-electron chi connectivity index (χ1n) is 7.38. The van der Waals surface area contributed by atoms with Crippen LogP contribution in [0.5, 0.6) is 0 Å². The highest BCUT2D eigenvalue weighted by Crippen LogP contribution is 2.28. The van der Waals surface area contributed by atoms with Crippen LogP contribution in [0.1, 0.15) is 5.56 Å². The van der Waals surface area contributed by atoms with Gasteiger partial charge in [0.2, 0.25) is 0 Å². The van der Waals surface area contributed by atoms with E-state index < -0.39 is 15.5 Å². The first kappa shape index (κ1) is 18.6. The number of hydrogen-bond donors (Lipinski definition) is 1. The Bertz CT molecular complexity index is 872. The molecule has 2 aromatic carbocycles. The van der Waals surface area contributed by atoms with Crippen LogP contribution in [0.15, 0.2) is 53.6 Å². The lowest BCUT2D eigenvalue weighted by Gasteiger charge is -2.01. The molecule has 0 atom stereocenters. The van der Waals surface area contributed by atoms with E-state index in [4.69, 9.17) is 4.74 Å². The molecule has 0 unspecified atom stereocenters. The number of benzene rings is 2. The zero-order valence-electron chi connectivity index (χ0n) is 13.5. The van der Waals surface area contributed by atoms with Gasteiger partial charge in [-0.3, -0.25) is 25.7 Å². The number of hydrazone groups is 1. The van der Waals surface area contributed by atoms with Crippen molar-refractivity contribution >= 4 is 23.3 Å². The van der Waals surface area contributed by atoms with Crippen molar-refractivity contribution < 1.29 is 14.6 Å². The van der Waals surface area contributed by atoms with Gasteiger partial charge >= 0.3 is 5.69 Å². The predicted molar refractivity (Wildman–Crippen MR) is 95.7 cm³/mol. The maximum Gasteiger partial charge on any atom is 0.301 e. The summed E-state index contributed by atoms with van der Waals surface area (Å²) >= 11 is 0. The van der Waals surface area contributed by atoms with Crippen molar-refractivity contribution in [1.82, 2.24) is 0 Å². The summed E-state index contributed by atoms with van der Waals surface area (Å²) in [5.41, 5.74) is 2.68. The molecular weight excluding hydrogens is 340 g/mol. The molecular formula is C17H14N4O5. The van der Waals surface area contributed by atoms with Gasteiger partial charge in [0.15, 0.2) is 0 Å². The molecule has 9 nitrogen and oxygen atoms in total. The van der Waals surface area contributed by atoms with E-state index >= 15 is 0 Å². The summed E-state index contributed by atoms with van der Waals surface area (Å²) in [7, 11) is 0. The van der Waals surface area contributed by atoms with Gasteiger partial charge in [0.05, 0.1) is 28.7 Å². The zero-order valence-corrected chi connectivity index (χ0v) is 13.5. The number of nitro benzene ring substituents is 2. The van der Waals surface area contributed by atoms with Crippen LogP contribution in [0.3, 0.4) is 0 Å². The minimum absolute atomic E-state index is 0.0268. The quantitative estimate of drug-likeness (QED) is 0.268. The molecule has 0 saturated carbocycles. The molecule has 0 aliphatic rings. The number of ether oxygens (including phenoxy) is 1. The van der Waals surface area contributed by atoms with Gasteiger partial charge in [0.1, 0.15) is 12.3 Å². The molecule has 0 fully saturated rings. The molecule has 0 bridgehead atoms. The van der Waals surface area contributed by atoms with Crippen LogP contribution in [0.2, 0.25) is 0 Å². The van der Waals surface area contributed by atoms with Gasteiger partial charge < -0.3 is 4.74 Å². The molecule has 26 heavy (non-hydrogen) atoms. The van der Waals surface area contributed by atoms with Crippen molar-refractivity contribution in [3.8, 4) is 11.8 Å². The SMILES string of the molecule is O=[N+]([O-])c1ccc(N/N=C/C#CCOCc2ccccc2)c([N+](=O)[O-])c1. The van der Waals surface area contributed by atoms with E-state index in [1.807, 2.05) is 30.3 Å². The summed E-state index contributed by atoms with van der Waals surface area (Å²) in [5, 5.41) is 25.4. The lowest BCUT2D eigenvalue weighted by molar-refractivity contribution is -0.393. The summed E-state index contributed by atoms with van der Waals surface area (Å²) < 4.78 is 5.36. The average Bonchev–Trinajstić information content (AvgIpc) is 2.64. The van der Waals surface area contributed by atoms with Crippen LogP contribution in [0.25, 0.3) is 0 Å². The number of non-ortho nitro benzene ring substituents is 1. The first-order valence-corrected chi connectivity index (χ1v) is 7.38. The first-order chi connectivity index (χ1) is 12.6. The second kappa shape index (κ2) is 9.51. The molecule has 9 heteroatoms. The second-order valence-corrected chi connectivity index (χ2v) is 4.89. The predicted octanol–water partition coefficient (Wildman–Crippen LogP) is 3.12. The number of hydrogen-bond acceptors (Lipinski definition) is 7. The molecule has 0 aliphatic heterocycles. The number of nitrogens with one attached hydrogen (secondary N) is 1. The Hall–Kier alpha value is -3.77. The van der Waals surface area contributed by atoms with Gasteiger partial charge in [-0.15, -0.1) is 0 Å². The Morgan fingerprint density at radius 2 is 1.88 bits per heavy atom. The van der Waals surface area contributed by atoms with Gasteiger partial charge in [-0.2, -0.15) is 5.10 Å². The fourth-order valence-electron chi connectivity index (χ4n) is 1.89. The van der Waals surface area contributed by atoms with E-state index in [2.05, 4.69) is 22.4 Å². The Morgan fingerprint density at radius 3 is 2.58 bits per heavy atom. The number of nitro groups is 2. The van der Waals surface area contributed by atoms with Gasteiger partial charge in [-0.05, 0) is 11.6 Å². The Kier molecular flexibility index (Phi) is 6.79. The van der Waals surface area contributed by atoms with Crippen molar-refractivity contribution in [3.05, 3.63) is 74.3 Å². The standard InChI is InChI=1S/C17H14N4O5/c22-20(23)15-8-9-16(17(12-15)21(24)25)19-18-10-4-5-11-26-13-14-6-2-1-3-7-14/h1-3,6-10,12,19H,11,13H2/b18-10+. The van der Waals surface area contributed by atoms with Gasteiger partial charge in [0.25, 0.3) is 5.69 Å². The zero-order chi connectivity index (χ0) is 18.8. The lowest BCUT2D eigenvalue weighted by atomic mass is 10.2. The topological polar surface area (TPSA) is 120 Å². The van der Waals surface area contributed by atoms with Crippen LogP contribution in [-0.2, 0) is 11.3 Å². The highest BCUT2D eigenvalue weighted by atomic mass is 16.6. The van der Waals surface area contributed by atoms with Crippen molar-refractivity contribution in [2.45, 2.75) is 6.61 Å². The van der Waals surface area contributed by atoms with E-state index in [9.17, 15) is 20.2 Å². The molecule has 0 amide bonds. The van der Waals surface area contributed by atoms with Gasteiger partial charge in [-0.1, -0.05) is 42.2 Å². The molecule has 0 spiro atoms. The Labute approximate surface area is 148 Å². The Balaban J connectivity index is 1.85. The molecule has 2 rings (SSSR count). The largest absolute Gasteiger partial charge is 0.364 e. The number of rotatable bonds is 7. The third-order valence-electron chi connectivity index (χ3n) is 3.09. The van der Waals surface area contributed by atoms with Crippen LogP contribution in [-0.4, -0.2) is 22.7 Å². The van der Waals surface area contributed by atoms with Crippen LogP contribution in [0, 0.1) is 32.1 Å². The molecule has 0 aromatic heterocycles. The summed E-state index contributed by atoms with van der Waals surface area (Å²) in [5.74, 6) is 5.33. The average molecular weight is 354 g/mol. The van der Waals surface area contributed by atoms with Crippen molar-refractivity contribution in [3.63, 3.8) is 0 Å². The van der Waals surface area contributed by atoms with Crippen molar-refractivity contribution in [2.75, 3.05) is 12.0 Å². The Morgan fingerprint density at radius 1 is 1.12 bits per heavy atom. The molecule has 0 aliphatic carbocycles. The third-order valence-corrected chi connectivity index (χ3v) is 3.09. The van der Waals surface area contributed by atoms with Crippen LogP contribution < -0.4 is 5.43 Å². The number of anilines is 1. The summed E-state index contributed by atoms with van der Waals surface area (Å²) in [6.07, 6.45) is 1.22. The summed E-state index contributed by atoms with van der Waals surface area (Å²) in [6, 6.07) is 12.9. The molecule has 2 aromatic rings. The highest BCUT2D eigenvalue weighted by Gasteiger charge is 2.18. The highest BCUT2D eigenvalue weighted by molar-refractivity contribution is 5.79. The van der Waals surface area contributed by atoms with E-state index in [1.165, 1.54) is 12.3 Å². The molecule has 0 radical (unpaired) electrons. The molecule has 132 valence electrons. The van der Waals surface area contributed by atoms with Gasteiger partial charge in [0, 0.05) is 6.07 Å². The van der Waals surface area contributed by atoms with Crippen molar-refractivity contribution in [1.29, 1.82) is 0 Å². The third kappa shape index (κ3) is 5.70. The summed E-state index contributed by atoms with van der Waals surface area (Å²) in [4.78, 5) is 20.2. The van der Waals surface area contributed by atoms with Gasteiger partial charge in [-0.25, -0.2) is 0 Å². The molecule has 1 N–H and O–H groups in total. The van der Waals surface area contributed by atoms with Crippen LogP contribution >= 0.6 is 0 Å². The fraction of sp³-hybridized carbons (Fsp3) is 0.118. The normalized spacial score (nSPS) is 10.2. The van der Waals surface area contributed by atoms with Crippen LogP contribution in [0.4, 0.5) is 17.1 Å².